The number of benzene rings is 2. The molecule has 0 saturated carbocycles. The standard InChI is InChI=1S/C24H23NO5/c1-27-22-11-12-23(28-2)19(15-22)16-30-24(26)13-8-18-6-9-21(10-7-18)29-17-20-5-3-4-14-25-20/h3-15H,16-17H2,1-2H3. The Kier molecular flexibility index (Phi) is 7.44. The second-order valence-electron chi connectivity index (χ2n) is 6.30. The van der Waals surface area contributed by atoms with Crippen LogP contribution in [0.5, 0.6) is 17.2 Å². The first-order valence-corrected chi connectivity index (χ1v) is 9.36. The smallest absolute Gasteiger partial charge is 0.331 e. The van der Waals surface area contributed by atoms with Gasteiger partial charge in [0, 0.05) is 17.8 Å². The Labute approximate surface area is 175 Å². The van der Waals surface area contributed by atoms with E-state index in [1.165, 1.54) is 6.08 Å². The van der Waals surface area contributed by atoms with Crippen LogP contribution in [0.3, 0.4) is 0 Å². The number of hydrogen-bond donors (Lipinski definition) is 0. The van der Waals surface area contributed by atoms with Gasteiger partial charge < -0.3 is 18.9 Å². The summed E-state index contributed by atoms with van der Waals surface area (Å²) in [6.07, 6.45) is 4.81. The predicted octanol–water partition coefficient (Wildman–Crippen LogP) is 4.43. The van der Waals surface area contributed by atoms with Crippen molar-refractivity contribution in [2.45, 2.75) is 13.2 Å². The Hall–Kier alpha value is -3.80. The zero-order chi connectivity index (χ0) is 21.2. The number of ether oxygens (including phenoxy) is 4. The van der Waals surface area contributed by atoms with Crippen LogP contribution in [0.1, 0.15) is 16.8 Å². The van der Waals surface area contributed by atoms with Crippen LogP contribution < -0.4 is 14.2 Å². The van der Waals surface area contributed by atoms with Gasteiger partial charge >= 0.3 is 5.97 Å². The molecule has 0 bridgehead atoms. The molecule has 0 amide bonds. The van der Waals surface area contributed by atoms with Gasteiger partial charge in [-0.1, -0.05) is 18.2 Å². The van der Waals surface area contributed by atoms with E-state index in [4.69, 9.17) is 18.9 Å². The lowest BCUT2D eigenvalue weighted by Gasteiger charge is -2.10. The van der Waals surface area contributed by atoms with E-state index >= 15 is 0 Å². The van der Waals surface area contributed by atoms with Crippen LogP contribution in [-0.2, 0) is 22.7 Å². The fraction of sp³-hybridized carbons (Fsp3) is 0.167. The Balaban J connectivity index is 1.51. The minimum atomic E-state index is -0.449. The zero-order valence-corrected chi connectivity index (χ0v) is 16.9. The summed E-state index contributed by atoms with van der Waals surface area (Å²) in [6.45, 7) is 0.486. The molecule has 2 aromatic carbocycles. The number of methoxy groups -OCH3 is 2. The molecule has 0 atom stereocenters. The fourth-order valence-corrected chi connectivity index (χ4v) is 2.67. The maximum Gasteiger partial charge on any atom is 0.331 e. The summed E-state index contributed by atoms with van der Waals surface area (Å²) in [7, 11) is 3.14. The molecule has 3 rings (SSSR count). The van der Waals surface area contributed by atoms with Gasteiger partial charge in [-0.2, -0.15) is 0 Å². The van der Waals surface area contributed by atoms with Crippen LogP contribution in [-0.4, -0.2) is 25.2 Å². The molecule has 0 saturated heterocycles. The van der Waals surface area contributed by atoms with Crippen molar-refractivity contribution in [3.05, 3.63) is 89.8 Å². The van der Waals surface area contributed by atoms with Gasteiger partial charge in [0.25, 0.3) is 0 Å². The van der Waals surface area contributed by atoms with Crippen molar-refractivity contribution < 1.29 is 23.7 Å². The maximum absolute atomic E-state index is 12.1. The van der Waals surface area contributed by atoms with Gasteiger partial charge in [-0.05, 0) is 54.1 Å². The average Bonchev–Trinajstić information content (AvgIpc) is 2.81. The molecular formula is C24H23NO5. The Morgan fingerprint density at radius 3 is 2.43 bits per heavy atom. The second-order valence-corrected chi connectivity index (χ2v) is 6.30. The molecule has 0 radical (unpaired) electrons. The van der Waals surface area contributed by atoms with Gasteiger partial charge in [-0.3, -0.25) is 4.98 Å². The fourth-order valence-electron chi connectivity index (χ4n) is 2.67. The molecule has 0 aliphatic carbocycles. The summed E-state index contributed by atoms with van der Waals surface area (Å²) in [5.74, 6) is 1.58. The first kappa shape index (κ1) is 20.9. The van der Waals surface area contributed by atoms with E-state index in [2.05, 4.69) is 4.98 Å². The van der Waals surface area contributed by atoms with Crippen molar-refractivity contribution in [1.82, 2.24) is 4.98 Å². The topological polar surface area (TPSA) is 66.9 Å². The highest BCUT2D eigenvalue weighted by Gasteiger charge is 2.07. The Morgan fingerprint density at radius 1 is 0.933 bits per heavy atom. The van der Waals surface area contributed by atoms with Crippen molar-refractivity contribution in [1.29, 1.82) is 0 Å². The second kappa shape index (κ2) is 10.7. The summed E-state index contributed by atoms with van der Waals surface area (Å²) in [5, 5.41) is 0. The molecule has 0 unspecified atom stereocenters. The number of esters is 1. The number of hydrogen-bond acceptors (Lipinski definition) is 6. The van der Waals surface area contributed by atoms with E-state index in [1.807, 2.05) is 42.5 Å². The Bertz CT molecular complexity index is 984. The highest BCUT2D eigenvalue weighted by molar-refractivity contribution is 5.87. The van der Waals surface area contributed by atoms with Crippen LogP contribution in [0.15, 0.2) is 72.9 Å². The molecule has 0 spiro atoms. The summed E-state index contributed by atoms with van der Waals surface area (Å²) in [6, 6.07) is 18.4. The van der Waals surface area contributed by atoms with Gasteiger partial charge in [-0.15, -0.1) is 0 Å². The number of rotatable bonds is 9. The summed E-state index contributed by atoms with van der Waals surface area (Å²) >= 11 is 0. The maximum atomic E-state index is 12.1. The number of pyridine rings is 1. The van der Waals surface area contributed by atoms with Crippen LogP contribution >= 0.6 is 0 Å². The molecule has 30 heavy (non-hydrogen) atoms. The van der Waals surface area contributed by atoms with Crippen LogP contribution in [0, 0.1) is 0 Å². The van der Waals surface area contributed by atoms with E-state index < -0.39 is 5.97 Å². The van der Waals surface area contributed by atoms with Crippen LogP contribution in [0.2, 0.25) is 0 Å². The van der Waals surface area contributed by atoms with E-state index in [0.29, 0.717) is 18.1 Å². The van der Waals surface area contributed by atoms with E-state index in [0.717, 1.165) is 22.6 Å². The first-order chi connectivity index (χ1) is 14.7. The minimum absolute atomic E-state index is 0.0871. The summed E-state index contributed by atoms with van der Waals surface area (Å²) in [5.41, 5.74) is 2.45. The average molecular weight is 405 g/mol. The molecule has 0 aliphatic rings. The SMILES string of the molecule is COc1ccc(OC)c(COC(=O)C=Cc2ccc(OCc3ccccn3)cc2)c1. The van der Waals surface area contributed by atoms with Crippen molar-refractivity contribution >= 4 is 12.0 Å². The van der Waals surface area contributed by atoms with E-state index in [1.54, 1.807) is 44.7 Å². The summed E-state index contributed by atoms with van der Waals surface area (Å²) in [4.78, 5) is 16.3. The molecule has 6 nitrogen and oxygen atoms in total. The third-order valence-corrected chi connectivity index (χ3v) is 4.26. The van der Waals surface area contributed by atoms with Gasteiger partial charge in [-0.25, -0.2) is 4.79 Å². The van der Waals surface area contributed by atoms with Gasteiger partial charge in [0.05, 0.1) is 19.9 Å². The van der Waals surface area contributed by atoms with Gasteiger partial charge in [0.1, 0.15) is 30.5 Å². The zero-order valence-electron chi connectivity index (χ0n) is 16.9. The third-order valence-electron chi connectivity index (χ3n) is 4.26. The lowest BCUT2D eigenvalue weighted by Crippen LogP contribution is -2.02. The molecule has 1 heterocycles. The van der Waals surface area contributed by atoms with E-state index in [9.17, 15) is 4.79 Å². The molecule has 0 fully saturated rings. The largest absolute Gasteiger partial charge is 0.497 e. The monoisotopic (exact) mass is 405 g/mol. The van der Waals surface area contributed by atoms with Crippen LogP contribution in [0.25, 0.3) is 6.08 Å². The highest BCUT2D eigenvalue weighted by Crippen LogP contribution is 2.24. The molecule has 3 aromatic rings. The normalized spacial score (nSPS) is 10.6. The number of carbonyl (C=O) groups is 1. The highest BCUT2D eigenvalue weighted by atomic mass is 16.5. The predicted molar refractivity (Wildman–Crippen MR) is 113 cm³/mol. The Morgan fingerprint density at radius 2 is 1.73 bits per heavy atom. The lowest BCUT2D eigenvalue weighted by molar-refractivity contribution is -0.138. The number of carbonyl (C=O) groups excluding carboxylic acids is 1. The molecule has 0 N–H and O–H groups in total. The molecule has 6 heteroatoms. The third kappa shape index (κ3) is 6.10. The molecule has 154 valence electrons. The summed E-state index contributed by atoms with van der Waals surface area (Å²) < 4.78 is 21.5. The molecular weight excluding hydrogens is 382 g/mol. The number of nitrogens with zero attached hydrogens (tertiary/aromatic N) is 1. The van der Waals surface area contributed by atoms with Crippen molar-refractivity contribution in [2.75, 3.05) is 14.2 Å². The molecule has 0 aliphatic heterocycles. The van der Waals surface area contributed by atoms with Crippen LogP contribution in [0.4, 0.5) is 0 Å². The number of aromatic nitrogens is 1. The van der Waals surface area contributed by atoms with E-state index in [-0.39, 0.29) is 6.61 Å². The quantitative estimate of drug-likeness (QED) is 0.387. The van der Waals surface area contributed by atoms with Gasteiger partial charge in [0.2, 0.25) is 0 Å². The van der Waals surface area contributed by atoms with Crippen molar-refractivity contribution in [2.24, 2.45) is 0 Å². The van der Waals surface area contributed by atoms with Gasteiger partial charge in [0.15, 0.2) is 0 Å². The minimum Gasteiger partial charge on any atom is -0.497 e. The molecule has 1 aromatic heterocycles. The first-order valence-electron chi connectivity index (χ1n) is 9.36. The lowest BCUT2D eigenvalue weighted by atomic mass is 10.2. The van der Waals surface area contributed by atoms with Crippen molar-refractivity contribution in [3.63, 3.8) is 0 Å². The van der Waals surface area contributed by atoms with Crippen molar-refractivity contribution in [3.8, 4) is 17.2 Å².